The van der Waals surface area contributed by atoms with Crippen LogP contribution in [0.25, 0.3) is 21.9 Å². The van der Waals surface area contributed by atoms with Crippen molar-refractivity contribution in [2.75, 3.05) is 11.9 Å². The number of benzene rings is 2. The summed E-state index contributed by atoms with van der Waals surface area (Å²) in [5.41, 5.74) is 4.63. The molecule has 10 heteroatoms. The van der Waals surface area contributed by atoms with Gasteiger partial charge in [0.05, 0.1) is 12.1 Å². The number of nitrogens with zero attached hydrogens (tertiary/aromatic N) is 4. The molecule has 43 heavy (non-hydrogen) atoms. The molecule has 5 rings (SSSR count). The quantitative estimate of drug-likeness (QED) is 0.200. The molecule has 0 atom stereocenters. The molecule has 0 aliphatic carbocycles. The summed E-state index contributed by atoms with van der Waals surface area (Å²) in [4.78, 5) is 33.6. The molecule has 3 aromatic heterocycles. The summed E-state index contributed by atoms with van der Waals surface area (Å²) >= 11 is 0. The maximum atomic E-state index is 12.7. The van der Waals surface area contributed by atoms with Crippen LogP contribution in [0, 0.1) is 0 Å². The largest absolute Gasteiger partial charge is 0.448 e. The second-order valence-corrected chi connectivity index (χ2v) is 12.7. The summed E-state index contributed by atoms with van der Waals surface area (Å²) in [6, 6.07) is 17.9. The van der Waals surface area contributed by atoms with Crippen molar-refractivity contribution < 1.29 is 14.3 Å². The number of carbonyl (C=O) groups is 2. The van der Waals surface area contributed by atoms with Crippen LogP contribution in [0.15, 0.2) is 73.3 Å². The first-order valence-electron chi connectivity index (χ1n) is 14.4. The number of nitrogens with one attached hydrogen (secondary N) is 3. The number of carbonyl (C=O) groups excluding carboxylic acids is 2. The van der Waals surface area contributed by atoms with E-state index >= 15 is 0 Å². The summed E-state index contributed by atoms with van der Waals surface area (Å²) < 4.78 is 9.52. The Labute approximate surface area is 251 Å². The van der Waals surface area contributed by atoms with Crippen LogP contribution in [0.2, 0.25) is 0 Å². The van der Waals surface area contributed by atoms with Gasteiger partial charge in [0.1, 0.15) is 18.5 Å². The predicted octanol–water partition coefficient (Wildman–Crippen LogP) is 6.23. The molecule has 2 aromatic carbocycles. The van der Waals surface area contributed by atoms with Crippen molar-refractivity contribution >= 4 is 45.4 Å². The second-order valence-electron chi connectivity index (χ2n) is 12.7. The van der Waals surface area contributed by atoms with Crippen LogP contribution in [-0.2, 0) is 17.8 Å². The SMILES string of the molecule is CC(C)(C)NC(=O)OCCn1ccc2ncnc(Nc3ccc4c(ccn4Cc4cccc(C(=O)NC(C)(C)C)c4)c3)c21. The molecule has 0 aliphatic heterocycles. The van der Waals surface area contributed by atoms with E-state index in [-0.39, 0.29) is 23.6 Å². The normalized spacial score (nSPS) is 12.0. The zero-order valence-corrected chi connectivity index (χ0v) is 25.6. The highest BCUT2D eigenvalue weighted by Crippen LogP contribution is 2.27. The van der Waals surface area contributed by atoms with Crippen LogP contribution in [0.4, 0.5) is 16.3 Å². The molecule has 3 N–H and O–H groups in total. The Balaban J connectivity index is 1.30. The van der Waals surface area contributed by atoms with Gasteiger partial charge in [-0.2, -0.15) is 0 Å². The van der Waals surface area contributed by atoms with E-state index in [9.17, 15) is 9.59 Å². The maximum Gasteiger partial charge on any atom is 0.407 e. The zero-order valence-electron chi connectivity index (χ0n) is 25.6. The van der Waals surface area contributed by atoms with Crippen molar-refractivity contribution in [3.05, 3.63) is 84.4 Å². The van der Waals surface area contributed by atoms with Gasteiger partial charge >= 0.3 is 6.09 Å². The molecular formula is C33H39N7O3. The van der Waals surface area contributed by atoms with E-state index in [4.69, 9.17) is 4.74 Å². The Morgan fingerprint density at radius 3 is 2.40 bits per heavy atom. The molecular weight excluding hydrogens is 542 g/mol. The number of alkyl carbamates (subject to hydrolysis) is 1. The Kier molecular flexibility index (Phi) is 8.12. The van der Waals surface area contributed by atoms with Gasteiger partial charge in [-0.25, -0.2) is 14.8 Å². The van der Waals surface area contributed by atoms with Gasteiger partial charge in [-0.05, 0) is 89.6 Å². The number of fused-ring (bicyclic) bond motifs is 2. The lowest BCUT2D eigenvalue weighted by Crippen LogP contribution is -2.41. The highest BCUT2D eigenvalue weighted by Gasteiger charge is 2.17. The number of ether oxygens (including phenoxy) is 1. The molecule has 0 saturated heterocycles. The minimum Gasteiger partial charge on any atom is -0.448 e. The molecule has 0 saturated carbocycles. The van der Waals surface area contributed by atoms with Crippen molar-refractivity contribution in [2.45, 2.75) is 65.7 Å². The van der Waals surface area contributed by atoms with Gasteiger partial charge in [-0.15, -0.1) is 0 Å². The van der Waals surface area contributed by atoms with E-state index < -0.39 is 6.09 Å². The number of amides is 2. The van der Waals surface area contributed by atoms with Crippen molar-refractivity contribution in [3.8, 4) is 0 Å². The number of anilines is 2. The van der Waals surface area contributed by atoms with Gasteiger partial charge in [-0.1, -0.05) is 12.1 Å². The lowest BCUT2D eigenvalue weighted by Gasteiger charge is -2.20. The number of hydrogen-bond donors (Lipinski definition) is 3. The van der Waals surface area contributed by atoms with Crippen LogP contribution < -0.4 is 16.0 Å². The Morgan fingerprint density at radius 1 is 0.860 bits per heavy atom. The Hall–Kier alpha value is -4.86. The highest BCUT2D eigenvalue weighted by molar-refractivity contribution is 5.95. The van der Waals surface area contributed by atoms with Crippen LogP contribution in [-0.4, -0.2) is 48.8 Å². The fraction of sp³-hybridized carbons (Fsp3) is 0.333. The maximum absolute atomic E-state index is 12.7. The molecule has 0 aliphatic rings. The van der Waals surface area contributed by atoms with Crippen molar-refractivity contribution in [1.29, 1.82) is 0 Å². The first-order valence-corrected chi connectivity index (χ1v) is 14.4. The van der Waals surface area contributed by atoms with E-state index in [1.54, 1.807) is 0 Å². The van der Waals surface area contributed by atoms with Gasteiger partial charge in [0.25, 0.3) is 5.91 Å². The van der Waals surface area contributed by atoms with Crippen molar-refractivity contribution in [2.24, 2.45) is 0 Å². The topological polar surface area (TPSA) is 115 Å². The van der Waals surface area contributed by atoms with Gasteiger partial charge < -0.3 is 29.8 Å². The minimum absolute atomic E-state index is 0.0778. The fourth-order valence-electron chi connectivity index (χ4n) is 4.86. The Bertz CT molecular complexity index is 1770. The smallest absolute Gasteiger partial charge is 0.407 e. The highest BCUT2D eigenvalue weighted by atomic mass is 16.5. The van der Waals surface area contributed by atoms with E-state index in [2.05, 4.69) is 54.9 Å². The van der Waals surface area contributed by atoms with Gasteiger partial charge in [-0.3, -0.25) is 4.79 Å². The summed E-state index contributed by atoms with van der Waals surface area (Å²) in [5, 5.41) is 10.3. The molecule has 0 bridgehead atoms. The summed E-state index contributed by atoms with van der Waals surface area (Å²) in [6.07, 6.45) is 5.06. The second kappa shape index (κ2) is 11.8. The summed E-state index contributed by atoms with van der Waals surface area (Å²) in [6.45, 7) is 13.0. The third-order valence-corrected chi connectivity index (χ3v) is 6.66. The molecule has 0 fully saturated rings. The molecule has 0 unspecified atom stereocenters. The first kappa shape index (κ1) is 29.6. The molecule has 224 valence electrons. The lowest BCUT2D eigenvalue weighted by atomic mass is 10.1. The third-order valence-electron chi connectivity index (χ3n) is 6.66. The van der Waals surface area contributed by atoms with Crippen molar-refractivity contribution in [3.63, 3.8) is 0 Å². The fourth-order valence-corrected chi connectivity index (χ4v) is 4.86. The van der Waals surface area contributed by atoms with Crippen LogP contribution in [0.5, 0.6) is 0 Å². The van der Waals surface area contributed by atoms with Gasteiger partial charge in [0.15, 0.2) is 5.82 Å². The van der Waals surface area contributed by atoms with E-state index in [1.807, 2.05) is 88.7 Å². The van der Waals surface area contributed by atoms with E-state index in [0.717, 1.165) is 33.2 Å². The number of rotatable bonds is 8. The summed E-state index contributed by atoms with van der Waals surface area (Å²) in [5.74, 6) is 0.587. The molecule has 10 nitrogen and oxygen atoms in total. The molecule has 2 amide bonds. The van der Waals surface area contributed by atoms with Crippen molar-refractivity contribution in [1.82, 2.24) is 29.7 Å². The predicted molar refractivity (Wildman–Crippen MR) is 170 cm³/mol. The van der Waals surface area contributed by atoms with E-state index in [0.29, 0.717) is 24.5 Å². The zero-order chi connectivity index (χ0) is 30.8. The molecule has 5 aromatic rings. The monoisotopic (exact) mass is 581 g/mol. The first-order chi connectivity index (χ1) is 20.3. The summed E-state index contributed by atoms with van der Waals surface area (Å²) in [7, 11) is 0. The van der Waals surface area contributed by atoms with Crippen LogP contribution >= 0.6 is 0 Å². The average Bonchev–Trinajstić information content (AvgIpc) is 3.51. The van der Waals surface area contributed by atoms with E-state index in [1.165, 1.54) is 6.33 Å². The molecule has 0 radical (unpaired) electrons. The van der Waals surface area contributed by atoms with Crippen LogP contribution in [0.3, 0.4) is 0 Å². The minimum atomic E-state index is -0.447. The number of aromatic nitrogens is 4. The van der Waals surface area contributed by atoms with Gasteiger partial charge in [0.2, 0.25) is 0 Å². The standard InChI is InChI=1S/C33H39N7O3/c1-32(2,3)37-30(41)24-9-7-8-22(18-24)20-40-14-12-23-19-25(10-11-27(23)40)36-29-28-26(34-21-35-29)13-15-39(28)16-17-43-31(42)38-33(4,5)6/h7-15,18-19,21H,16-17,20H2,1-6H3,(H,37,41)(H,38,42)(H,34,35,36). The lowest BCUT2D eigenvalue weighted by molar-refractivity contribution is 0.0919. The third kappa shape index (κ3) is 7.51. The molecule has 3 heterocycles. The van der Waals surface area contributed by atoms with Gasteiger partial charge in [0, 0.05) is 52.2 Å². The van der Waals surface area contributed by atoms with Crippen LogP contribution in [0.1, 0.15) is 57.5 Å². The number of hydrogen-bond acceptors (Lipinski definition) is 6. The molecule has 0 spiro atoms. The average molecular weight is 582 g/mol. The Morgan fingerprint density at radius 2 is 1.63 bits per heavy atom.